The highest BCUT2D eigenvalue weighted by atomic mass is 79.9. The monoisotopic (exact) mass is 391 g/mol. The van der Waals surface area contributed by atoms with Crippen LogP contribution in [0.5, 0.6) is 0 Å². The second-order valence-corrected chi connectivity index (χ2v) is 7.27. The summed E-state index contributed by atoms with van der Waals surface area (Å²) >= 11 is 8.59. The van der Waals surface area contributed by atoms with Crippen molar-refractivity contribution in [1.29, 1.82) is 0 Å². The van der Waals surface area contributed by atoms with Crippen molar-refractivity contribution in [2.45, 2.75) is 12.5 Å². The number of likely N-dealkylation sites (N-methyl/N-ethyl adjacent to an activating group) is 1. The molecule has 0 aliphatic rings. The minimum atomic E-state index is -0.217. The molecule has 1 atom stereocenters. The molecule has 0 amide bonds. The van der Waals surface area contributed by atoms with Crippen LogP contribution < -0.4 is 5.32 Å². The highest BCUT2D eigenvalue weighted by Gasteiger charge is 2.14. The van der Waals surface area contributed by atoms with Crippen LogP contribution in [0, 0.1) is 5.82 Å². The van der Waals surface area contributed by atoms with E-state index in [4.69, 9.17) is 0 Å². The molecule has 0 aliphatic heterocycles. The highest BCUT2D eigenvalue weighted by molar-refractivity contribution is 9.11. The van der Waals surface area contributed by atoms with Crippen molar-refractivity contribution in [3.63, 3.8) is 0 Å². The lowest BCUT2D eigenvalue weighted by atomic mass is 10.0. The van der Waals surface area contributed by atoms with Gasteiger partial charge in [-0.3, -0.25) is 0 Å². The topological polar surface area (TPSA) is 12.0 Å². The average molecular weight is 393 g/mol. The van der Waals surface area contributed by atoms with Gasteiger partial charge < -0.3 is 5.32 Å². The van der Waals surface area contributed by atoms with Gasteiger partial charge in [-0.1, -0.05) is 22.0 Å². The third kappa shape index (κ3) is 3.41. The van der Waals surface area contributed by atoms with E-state index in [-0.39, 0.29) is 11.9 Å². The number of hydrogen-bond donors (Lipinski definition) is 1. The van der Waals surface area contributed by atoms with Gasteiger partial charge in [0.25, 0.3) is 0 Å². The Labute approximate surface area is 127 Å². The first-order chi connectivity index (χ1) is 8.60. The SMILES string of the molecule is CNC(Cc1ccc(F)cc1Br)c1ccc(Br)s1. The molecule has 0 spiro atoms. The lowest BCUT2D eigenvalue weighted by molar-refractivity contribution is 0.596. The van der Waals surface area contributed by atoms with Crippen LogP contribution in [0.2, 0.25) is 0 Å². The Morgan fingerprint density at radius 3 is 2.61 bits per heavy atom. The molecule has 0 radical (unpaired) electrons. The number of thiophene rings is 1. The van der Waals surface area contributed by atoms with Gasteiger partial charge in [0.1, 0.15) is 5.82 Å². The molecule has 0 aliphatic carbocycles. The van der Waals surface area contributed by atoms with E-state index in [0.29, 0.717) is 0 Å². The normalized spacial score (nSPS) is 12.7. The zero-order chi connectivity index (χ0) is 13.1. The molecular weight excluding hydrogens is 381 g/mol. The van der Waals surface area contributed by atoms with Crippen molar-refractivity contribution < 1.29 is 4.39 Å². The number of nitrogens with one attached hydrogen (secondary N) is 1. The van der Waals surface area contributed by atoms with Gasteiger partial charge in [0, 0.05) is 15.4 Å². The molecule has 1 aromatic carbocycles. The van der Waals surface area contributed by atoms with Crippen LogP contribution in [0.4, 0.5) is 4.39 Å². The van der Waals surface area contributed by atoms with Crippen LogP contribution in [0.25, 0.3) is 0 Å². The maximum atomic E-state index is 13.0. The van der Waals surface area contributed by atoms with E-state index in [1.54, 1.807) is 11.3 Å². The van der Waals surface area contributed by atoms with Gasteiger partial charge in [0.2, 0.25) is 0 Å². The Hall–Kier alpha value is -0.230. The molecule has 1 N–H and O–H groups in total. The van der Waals surface area contributed by atoms with Gasteiger partial charge in [-0.25, -0.2) is 4.39 Å². The van der Waals surface area contributed by atoms with Crippen LogP contribution in [-0.4, -0.2) is 7.05 Å². The quantitative estimate of drug-likeness (QED) is 0.778. The van der Waals surface area contributed by atoms with Gasteiger partial charge in [0.15, 0.2) is 0 Å². The summed E-state index contributed by atoms with van der Waals surface area (Å²) in [4.78, 5) is 1.26. The predicted molar refractivity (Wildman–Crippen MR) is 81.6 cm³/mol. The molecule has 0 fully saturated rings. The first kappa shape index (κ1) is 14.2. The number of rotatable bonds is 4. The van der Waals surface area contributed by atoms with Crippen LogP contribution in [-0.2, 0) is 6.42 Å². The summed E-state index contributed by atoms with van der Waals surface area (Å²) < 4.78 is 15.0. The van der Waals surface area contributed by atoms with Crippen molar-refractivity contribution in [3.8, 4) is 0 Å². The number of halogens is 3. The minimum absolute atomic E-state index is 0.217. The van der Waals surface area contributed by atoms with Crippen molar-refractivity contribution in [2.75, 3.05) is 7.05 Å². The Balaban J connectivity index is 2.20. The van der Waals surface area contributed by atoms with Gasteiger partial charge in [-0.2, -0.15) is 0 Å². The first-order valence-electron chi connectivity index (χ1n) is 5.46. The molecule has 2 rings (SSSR count). The van der Waals surface area contributed by atoms with E-state index >= 15 is 0 Å². The summed E-state index contributed by atoms with van der Waals surface area (Å²) in [5.41, 5.74) is 1.10. The molecular formula is C13H12Br2FNS. The maximum absolute atomic E-state index is 13.0. The van der Waals surface area contributed by atoms with E-state index in [1.807, 2.05) is 19.2 Å². The molecule has 96 valence electrons. The summed E-state index contributed by atoms with van der Waals surface area (Å²) in [6, 6.07) is 9.22. The van der Waals surface area contributed by atoms with Gasteiger partial charge >= 0.3 is 0 Å². The van der Waals surface area contributed by atoms with Gasteiger partial charge in [-0.15, -0.1) is 11.3 Å². The molecule has 2 aromatic rings. The molecule has 5 heteroatoms. The first-order valence-corrected chi connectivity index (χ1v) is 7.87. The summed E-state index contributed by atoms with van der Waals surface area (Å²) in [7, 11) is 1.94. The fourth-order valence-corrected chi connectivity index (χ4v) is 3.81. The largest absolute Gasteiger partial charge is 0.312 e. The van der Waals surface area contributed by atoms with Crippen molar-refractivity contribution in [1.82, 2.24) is 5.32 Å². The van der Waals surface area contributed by atoms with Crippen LogP contribution >= 0.6 is 43.2 Å². The Morgan fingerprint density at radius 2 is 2.06 bits per heavy atom. The zero-order valence-electron chi connectivity index (χ0n) is 9.71. The molecule has 0 saturated heterocycles. The van der Waals surface area contributed by atoms with Crippen molar-refractivity contribution in [3.05, 3.63) is 54.8 Å². The van der Waals surface area contributed by atoms with E-state index in [1.165, 1.54) is 17.0 Å². The van der Waals surface area contributed by atoms with Crippen molar-refractivity contribution in [2.24, 2.45) is 0 Å². The molecule has 0 bridgehead atoms. The van der Waals surface area contributed by atoms with Crippen LogP contribution in [0.1, 0.15) is 16.5 Å². The van der Waals surface area contributed by atoms with Crippen LogP contribution in [0.15, 0.2) is 38.6 Å². The molecule has 18 heavy (non-hydrogen) atoms. The molecule has 0 saturated carbocycles. The third-order valence-corrected chi connectivity index (χ3v) is 5.20. The number of hydrogen-bond acceptors (Lipinski definition) is 2. The van der Waals surface area contributed by atoms with Crippen molar-refractivity contribution >= 4 is 43.2 Å². The fourth-order valence-electron chi connectivity index (χ4n) is 1.77. The Bertz CT molecular complexity index is 542. The second kappa shape index (κ2) is 6.28. The zero-order valence-corrected chi connectivity index (χ0v) is 13.7. The highest BCUT2D eigenvalue weighted by Crippen LogP contribution is 2.30. The summed E-state index contributed by atoms with van der Waals surface area (Å²) in [6.45, 7) is 0. The smallest absolute Gasteiger partial charge is 0.124 e. The summed E-state index contributed by atoms with van der Waals surface area (Å²) in [5.74, 6) is -0.217. The average Bonchev–Trinajstić information content (AvgIpc) is 2.75. The lowest BCUT2D eigenvalue weighted by Crippen LogP contribution is -2.17. The molecule has 1 aromatic heterocycles. The van der Waals surface area contributed by atoms with E-state index in [0.717, 1.165) is 20.2 Å². The van der Waals surface area contributed by atoms with Gasteiger partial charge in [0.05, 0.1) is 3.79 Å². The van der Waals surface area contributed by atoms with Crippen LogP contribution in [0.3, 0.4) is 0 Å². The molecule has 1 nitrogen and oxygen atoms in total. The Kier molecular flexibility index (Phi) is 4.95. The second-order valence-electron chi connectivity index (χ2n) is 3.92. The van der Waals surface area contributed by atoms with Gasteiger partial charge in [-0.05, 0) is 59.2 Å². The molecule has 1 unspecified atom stereocenters. The number of benzene rings is 1. The third-order valence-electron chi connectivity index (χ3n) is 2.73. The predicted octanol–water partition coefficient (Wildman–Crippen LogP) is 4.92. The van der Waals surface area contributed by atoms with E-state index < -0.39 is 0 Å². The fraction of sp³-hybridized carbons (Fsp3) is 0.231. The van der Waals surface area contributed by atoms with E-state index in [2.05, 4.69) is 43.2 Å². The summed E-state index contributed by atoms with van der Waals surface area (Å²) in [6.07, 6.45) is 0.824. The minimum Gasteiger partial charge on any atom is -0.312 e. The molecule has 1 heterocycles. The Morgan fingerprint density at radius 1 is 1.28 bits per heavy atom. The lowest BCUT2D eigenvalue weighted by Gasteiger charge is -2.15. The van der Waals surface area contributed by atoms with E-state index in [9.17, 15) is 4.39 Å². The summed E-state index contributed by atoms with van der Waals surface area (Å²) in [5, 5.41) is 3.30. The maximum Gasteiger partial charge on any atom is 0.124 e. The standard InChI is InChI=1S/C13H12Br2FNS/c1-17-11(12-4-5-13(15)18-12)6-8-2-3-9(16)7-10(8)14/h2-5,7,11,17H,6H2,1H3.